The Balaban J connectivity index is 1.25. The van der Waals surface area contributed by atoms with Gasteiger partial charge in [0, 0.05) is 37.8 Å². The van der Waals surface area contributed by atoms with Crippen LogP contribution in [-0.2, 0) is 21.4 Å². The highest BCUT2D eigenvalue weighted by Crippen LogP contribution is 2.40. The lowest BCUT2D eigenvalue weighted by molar-refractivity contribution is -0.137. The molecule has 10 nitrogen and oxygen atoms in total. The zero-order valence-electron chi connectivity index (χ0n) is 25.2. The highest BCUT2D eigenvalue weighted by molar-refractivity contribution is 7.89. The quantitative estimate of drug-likeness (QED) is 0.296. The number of benzene rings is 2. The molecule has 3 aliphatic rings. The van der Waals surface area contributed by atoms with E-state index in [1.165, 1.54) is 0 Å². The van der Waals surface area contributed by atoms with Gasteiger partial charge in [-0.3, -0.25) is 4.79 Å². The standard InChI is InChI=1S/C33H38N6O4S/c1-21-9-10-23(28(19-31(40)41)27-13-14-29-32(22(27)2)35-36-39(29)26-11-12-26)18-24(21)20-37-16-4-6-25-7-5-17-38(25)33-30(44(37,42)43)8-3-15-34-33/h3,8-10,13-15,18,25-26,28H,4-7,11-12,16-17,19-20H2,1-2H3,(H,40,41)/t25-,28+/m0/s1. The van der Waals surface area contributed by atoms with E-state index in [9.17, 15) is 18.3 Å². The average molecular weight is 615 g/mol. The minimum atomic E-state index is -3.84. The Labute approximate surface area is 257 Å². The molecule has 11 heteroatoms. The Bertz CT molecular complexity index is 1850. The SMILES string of the molecule is Cc1ccc([C@@H](CC(=O)O)c2ccc3c(nnn3C3CC3)c2C)cc1CN1CCC[C@H]2CCCN2c2ncccc2S1(=O)=O. The molecule has 0 unspecified atom stereocenters. The maximum Gasteiger partial charge on any atom is 0.304 e. The molecule has 2 aromatic carbocycles. The fraction of sp³-hybridized carbons (Fsp3) is 0.455. The molecule has 2 aromatic heterocycles. The van der Waals surface area contributed by atoms with Crippen LogP contribution in [0.25, 0.3) is 11.0 Å². The van der Waals surface area contributed by atoms with Gasteiger partial charge in [-0.15, -0.1) is 5.10 Å². The summed E-state index contributed by atoms with van der Waals surface area (Å²) in [6.45, 7) is 5.40. The monoisotopic (exact) mass is 614 g/mol. The van der Waals surface area contributed by atoms with Gasteiger partial charge < -0.3 is 10.0 Å². The number of aliphatic carboxylic acids is 1. The Hall–Kier alpha value is -3.83. The van der Waals surface area contributed by atoms with E-state index in [-0.39, 0.29) is 17.9 Å². The third kappa shape index (κ3) is 5.15. The third-order valence-electron chi connectivity index (χ3n) is 9.67. The van der Waals surface area contributed by atoms with Crippen molar-refractivity contribution in [1.82, 2.24) is 24.3 Å². The minimum Gasteiger partial charge on any atom is -0.481 e. The normalized spacial score (nSPS) is 20.9. The van der Waals surface area contributed by atoms with Crippen LogP contribution < -0.4 is 4.90 Å². The number of carbonyl (C=O) groups is 1. The molecule has 7 rings (SSSR count). The largest absolute Gasteiger partial charge is 0.481 e. The van der Waals surface area contributed by atoms with Crippen molar-refractivity contribution in [2.24, 2.45) is 0 Å². The molecule has 4 aromatic rings. The lowest BCUT2D eigenvalue weighted by Gasteiger charge is -2.27. The van der Waals surface area contributed by atoms with Crippen LogP contribution in [0.4, 0.5) is 5.82 Å². The second kappa shape index (κ2) is 11.3. The van der Waals surface area contributed by atoms with Crippen LogP contribution in [0.3, 0.4) is 0 Å². The smallest absolute Gasteiger partial charge is 0.304 e. The van der Waals surface area contributed by atoms with Gasteiger partial charge in [0.1, 0.15) is 16.2 Å². The lowest BCUT2D eigenvalue weighted by Crippen LogP contribution is -2.33. The van der Waals surface area contributed by atoms with Crippen molar-refractivity contribution in [1.29, 1.82) is 0 Å². The van der Waals surface area contributed by atoms with E-state index in [2.05, 4.69) is 20.2 Å². The van der Waals surface area contributed by atoms with Crippen molar-refractivity contribution in [2.45, 2.75) is 88.2 Å². The van der Waals surface area contributed by atoms with Crippen molar-refractivity contribution in [3.8, 4) is 0 Å². The summed E-state index contributed by atoms with van der Waals surface area (Å²) in [5.41, 5.74) is 6.26. The summed E-state index contributed by atoms with van der Waals surface area (Å²) in [6.07, 6.45) is 7.53. The Morgan fingerprint density at radius 1 is 1.02 bits per heavy atom. The molecule has 1 saturated heterocycles. The van der Waals surface area contributed by atoms with Gasteiger partial charge in [0.05, 0.1) is 18.0 Å². The van der Waals surface area contributed by atoms with Crippen LogP contribution in [0.5, 0.6) is 0 Å². The van der Waals surface area contributed by atoms with Crippen molar-refractivity contribution < 1.29 is 18.3 Å². The van der Waals surface area contributed by atoms with Gasteiger partial charge >= 0.3 is 5.97 Å². The first-order valence-corrected chi connectivity index (χ1v) is 17.0. The summed E-state index contributed by atoms with van der Waals surface area (Å²) in [7, 11) is -3.84. The molecule has 1 aliphatic carbocycles. The van der Waals surface area contributed by atoms with E-state index in [0.29, 0.717) is 24.4 Å². The topological polar surface area (TPSA) is 122 Å². The van der Waals surface area contributed by atoms with Gasteiger partial charge in [0.15, 0.2) is 0 Å². The van der Waals surface area contributed by atoms with Gasteiger partial charge in [-0.05, 0) is 98.4 Å². The maximum atomic E-state index is 14.2. The number of pyridine rings is 1. The zero-order valence-corrected chi connectivity index (χ0v) is 26.0. The number of anilines is 1. The maximum absolute atomic E-state index is 14.2. The zero-order chi connectivity index (χ0) is 30.6. The lowest BCUT2D eigenvalue weighted by atomic mass is 9.84. The van der Waals surface area contributed by atoms with Crippen LogP contribution >= 0.6 is 0 Å². The molecule has 0 spiro atoms. The van der Waals surface area contributed by atoms with E-state index in [1.54, 1.807) is 22.6 Å². The molecule has 2 fully saturated rings. The number of nitrogens with zero attached hydrogens (tertiary/aromatic N) is 6. The van der Waals surface area contributed by atoms with E-state index in [0.717, 1.165) is 83.9 Å². The van der Waals surface area contributed by atoms with Crippen LogP contribution in [-0.4, -0.2) is 62.9 Å². The fourth-order valence-electron chi connectivity index (χ4n) is 7.11. The number of hydrogen-bond donors (Lipinski definition) is 1. The number of carboxylic acids is 1. The molecule has 2 atom stereocenters. The van der Waals surface area contributed by atoms with E-state index >= 15 is 0 Å². The average Bonchev–Trinajstić information content (AvgIpc) is 3.56. The van der Waals surface area contributed by atoms with Crippen LogP contribution in [0.2, 0.25) is 0 Å². The molecule has 2 aliphatic heterocycles. The molecular weight excluding hydrogens is 576 g/mol. The predicted molar refractivity (Wildman–Crippen MR) is 167 cm³/mol. The molecule has 0 bridgehead atoms. The van der Waals surface area contributed by atoms with Gasteiger partial charge in [-0.25, -0.2) is 18.1 Å². The number of carboxylic acid groups (broad SMARTS) is 1. The molecule has 1 N–H and O–H groups in total. The van der Waals surface area contributed by atoms with E-state index in [4.69, 9.17) is 0 Å². The molecular formula is C33H38N6O4S. The number of rotatable bonds is 7. The first-order valence-electron chi connectivity index (χ1n) is 15.6. The summed E-state index contributed by atoms with van der Waals surface area (Å²) in [5.74, 6) is -0.768. The summed E-state index contributed by atoms with van der Waals surface area (Å²) in [4.78, 5) is 19.2. The Kier molecular flexibility index (Phi) is 7.40. The molecule has 0 radical (unpaired) electrons. The molecule has 1 saturated carbocycles. The van der Waals surface area contributed by atoms with Gasteiger partial charge in [-0.1, -0.05) is 29.5 Å². The van der Waals surface area contributed by atoms with E-state index < -0.39 is 21.9 Å². The van der Waals surface area contributed by atoms with Crippen molar-refractivity contribution >= 4 is 32.8 Å². The van der Waals surface area contributed by atoms with Gasteiger partial charge in [0.25, 0.3) is 0 Å². The summed E-state index contributed by atoms with van der Waals surface area (Å²) >= 11 is 0. The van der Waals surface area contributed by atoms with Crippen molar-refractivity contribution in [3.05, 3.63) is 76.5 Å². The summed E-state index contributed by atoms with van der Waals surface area (Å²) in [5, 5.41) is 18.8. The molecule has 0 amide bonds. The number of fused-ring (bicyclic) bond motifs is 4. The molecule has 4 heterocycles. The first-order chi connectivity index (χ1) is 21.2. The van der Waals surface area contributed by atoms with E-state index in [1.807, 2.05) is 48.9 Å². The summed E-state index contributed by atoms with van der Waals surface area (Å²) < 4.78 is 32.0. The van der Waals surface area contributed by atoms with Crippen LogP contribution in [0, 0.1) is 13.8 Å². The third-order valence-corrected chi connectivity index (χ3v) is 11.5. The van der Waals surface area contributed by atoms with Crippen LogP contribution in [0.15, 0.2) is 53.6 Å². The summed E-state index contributed by atoms with van der Waals surface area (Å²) in [6, 6.07) is 14.0. The predicted octanol–water partition coefficient (Wildman–Crippen LogP) is 5.34. The highest BCUT2D eigenvalue weighted by Gasteiger charge is 2.36. The number of sulfonamides is 1. The second-order valence-corrected chi connectivity index (χ2v) is 14.5. The van der Waals surface area contributed by atoms with Crippen molar-refractivity contribution in [3.63, 3.8) is 0 Å². The Morgan fingerprint density at radius 3 is 2.59 bits per heavy atom. The van der Waals surface area contributed by atoms with Crippen LogP contribution in [0.1, 0.15) is 84.7 Å². The molecule has 44 heavy (non-hydrogen) atoms. The first kappa shape index (κ1) is 28.9. The highest BCUT2D eigenvalue weighted by atomic mass is 32.2. The Morgan fingerprint density at radius 2 is 1.82 bits per heavy atom. The number of aryl methyl sites for hydroxylation is 2. The van der Waals surface area contributed by atoms with Crippen molar-refractivity contribution in [2.75, 3.05) is 18.0 Å². The molecule has 230 valence electrons. The second-order valence-electron chi connectivity index (χ2n) is 12.5. The van der Waals surface area contributed by atoms with Gasteiger partial charge in [-0.2, -0.15) is 4.31 Å². The number of hydrogen-bond acceptors (Lipinski definition) is 7. The minimum absolute atomic E-state index is 0.0934. The number of aromatic nitrogens is 4. The fourth-order valence-corrected chi connectivity index (χ4v) is 8.72. The van der Waals surface area contributed by atoms with Gasteiger partial charge in [0.2, 0.25) is 10.0 Å².